The predicted octanol–water partition coefficient (Wildman–Crippen LogP) is 7.02. The maximum Gasteiger partial charge on any atom is 0.251 e. The van der Waals surface area contributed by atoms with Crippen molar-refractivity contribution < 1.29 is 19.0 Å². The standard InChI is InChI=1S/C32H39Cl2N3O4S/c33-27-13-23(14-28(34)19-27)20-35-21-31(38)30(15-22-7-2-1-3-8-22)36-32(39)26-16-25(24-9-4-5-10-24)17-29(18-26)37-11-6-12-42(37,40)41/h1-3,7-8,13-14,16-19,24,30-31,35,38,40-41H,4-6,9-12,15,20-21H2,(H,36,39)/t30-,31-/m0/s1. The van der Waals surface area contributed by atoms with Gasteiger partial charge < -0.3 is 15.7 Å². The lowest BCUT2D eigenvalue weighted by atomic mass is 9.94. The molecular weight excluding hydrogens is 593 g/mol. The Morgan fingerprint density at radius 3 is 2.33 bits per heavy atom. The molecule has 42 heavy (non-hydrogen) atoms. The van der Waals surface area contributed by atoms with Crippen LogP contribution in [0.5, 0.6) is 0 Å². The number of carbonyl (C=O) groups excluding carboxylic acids is 1. The Labute approximate surface area is 259 Å². The predicted molar refractivity (Wildman–Crippen MR) is 173 cm³/mol. The van der Waals surface area contributed by atoms with Gasteiger partial charge in [0.15, 0.2) is 0 Å². The molecule has 226 valence electrons. The van der Waals surface area contributed by atoms with E-state index < -0.39 is 22.9 Å². The smallest absolute Gasteiger partial charge is 0.251 e. The molecule has 3 aromatic carbocycles. The van der Waals surface area contributed by atoms with E-state index in [1.165, 1.54) is 0 Å². The van der Waals surface area contributed by atoms with Crippen molar-refractivity contribution in [1.82, 2.24) is 10.6 Å². The van der Waals surface area contributed by atoms with E-state index in [9.17, 15) is 19.0 Å². The molecule has 0 aromatic heterocycles. The highest BCUT2D eigenvalue weighted by molar-refractivity contribution is 8.25. The lowest BCUT2D eigenvalue weighted by Gasteiger charge is -2.38. The summed E-state index contributed by atoms with van der Waals surface area (Å²) in [6.07, 6.45) is 4.66. The number of aliphatic hydroxyl groups is 1. The number of hydrogen-bond acceptors (Lipinski definition) is 6. The van der Waals surface area contributed by atoms with Crippen molar-refractivity contribution in [2.24, 2.45) is 0 Å². The molecule has 1 aliphatic heterocycles. The van der Waals surface area contributed by atoms with Crippen molar-refractivity contribution in [3.8, 4) is 0 Å². The highest BCUT2D eigenvalue weighted by atomic mass is 35.5. The van der Waals surface area contributed by atoms with E-state index in [2.05, 4.69) is 10.6 Å². The maximum atomic E-state index is 13.8. The zero-order chi connectivity index (χ0) is 29.7. The second-order valence-corrected chi connectivity index (χ2v) is 14.3. The third-order valence-electron chi connectivity index (χ3n) is 8.13. The summed E-state index contributed by atoms with van der Waals surface area (Å²) in [4.78, 5) is 13.8. The molecule has 0 radical (unpaired) electrons. The van der Waals surface area contributed by atoms with Gasteiger partial charge in [0.2, 0.25) is 0 Å². The third kappa shape index (κ3) is 7.99. The molecule has 0 spiro atoms. The first kappa shape index (κ1) is 31.1. The molecule has 2 atom stereocenters. The number of halogens is 2. The van der Waals surface area contributed by atoms with Gasteiger partial charge in [0.05, 0.1) is 23.6 Å². The zero-order valence-corrected chi connectivity index (χ0v) is 25.8. The lowest BCUT2D eigenvalue weighted by Crippen LogP contribution is -2.48. The first-order valence-corrected chi connectivity index (χ1v) is 17.0. The van der Waals surface area contributed by atoms with Gasteiger partial charge in [-0.05, 0) is 84.7 Å². The highest BCUT2D eigenvalue weighted by Gasteiger charge is 2.31. The van der Waals surface area contributed by atoms with Gasteiger partial charge in [-0.2, -0.15) is 0 Å². The zero-order valence-electron chi connectivity index (χ0n) is 23.5. The first-order valence-electron chi connectivity index (χ1n) is 14.5. The van der Waals surface area contributed by atoms with Gasteiger partial charge in [-0.1, -0.05) is 66.4 Å². The number of hydrogen-bond donors (Lipinski definition) is 5. The largest absolute Gasteiger partial charge is 0.390 e. The van der Waals surface area contributed by atoms with Crippen molar-refractivity contribution in [1.29, 1.82) is 0 Å². The Balaban J connectivity index is 1.35. The summed E-state index contributed by atoms with van der Waals surface area (Å²) in [5.74, 6) is 0.381. The van der Waals surface area contributed by atoms with E-state index in [-0.39, 0.29) is 12.5 Å². The monoisotopic (exact) mass is 631 g/mol. The number of aliphatic hydroxyl groups excluding tert-OH is 1. The number of anilines is 1. The van der Waals surface area contributed by atoms with E-state index in [0.717, 1.165) is 42.4 Å². The summed E-state index contributed by atoms with van der Waals surface area (Å²) in [6.45, 7) is 1.23. The van der Waals surface area contributed by atoms with Crippen molar-refractivity contribution >= 4 is 45.6 Å². The van der Waals surface area contributed by atoms with Crippen LogP contribution in [0.4, 0.5) is 5.69 Å². The molecule has 0 bridgehead atoms. The second kappa shape index (κ2) is 14.0. The van der Waals surface area contributed by atoms with Crippen LogP contribution in [0.15, 0.2) is 66.7 Å². The van der Waals surface area contributed by atoms with E-state index >= 15 is 0 Å². The highest BCUT2D eigenvalue weighted by Crippen LogP contribution is 2.51. The number of rotatable bonds is 11. The maximum absolute atomic E-state index is 13.8. The molecule has 0 unspecified atom stereocenters. The Morgan fingerprint density at radius 2 is 1.67 bits per heavy atom. The Morgan fingerprint density at radius 1 is 0.952 bits per heavy atom. The molecule has 7 nitrogen and oxygen atoms in total. The molecule has 2 aliphatic rings. The molecular formula is C32H39Cl2N3O4S. The summed E-state index contributed by atoms with van der Waals surface area (Å²) >= 11 is 12.3. The summed E-state index contributed by atoms with van der Waals surface area (Å²) in [6, 6.07) is 20.2. The SMILES string of the molecule is O=C(N[C@@H](Cc1ccccc1)[C@@H](O)CNCc1cc(Cl)cc(Cl)c1)c1cc(C2CCCC2)cc(N2CCCS2(O)O)c1. The fourth-order valence-corrected chi connectivity index (χ4v) is 8.16. The molecule has 3 aromatic rings. The topological polar surface area (TPSA) is 105 Å². The van der Waals surface area contributed by atoms with Gasteiger partial charge in [0.25, 0.3) is 5.91 Å². The average molecular weight is 633 g/mol. The van der Waals surface area contributed by atoms with E-state index in [0.29, 0.717) is 58.9 Å². The number of nitrogens with one attached hydrogen (secondary N) is 2. The van der Waals surface area contributed by atoms with Gasteiger partial charge >= 0.3 is 0 Å². The first-order chi connectivity index (χ1) is 20.2. The van der Waals surface area contributed by atoms with E-state index in [1.54, 1.807) is 16.4 Å². The van der Waals surface area contributed by atoms with Crippen LogP contribution >= 0.6 is 34.0 Å². The summed E-state index contributed by atoms with van der Waals surface area (Å²) in [5, 5.41) is 18.7. The molecule has 5 N–H and O–H groups in total. The van der Waals surface area contributed by atoms with Crippen LogP contribution in [0.1, 0.15) is 65.1 Å². The van der Waals surface area contributed by atoms with Gasteiger partial charge in [0.1, 0.15) is 0 Å². The van der Waals surface area contributed by atoms with Crippen LogP contribution in [0.3, 0.4) is 0 Å². The van der Waals surface area contributed by atoms with Crippen molar-refractivity contribution in [3.63, 3.8) is 0 Å². The molecule has 10 heteroatoms. The van der Waals surface area contributed by atoms with Gasteiger partial charge in [-0.3, -0.25) is 18.2 Å². The fraction of sp³-hybridized carbons (Fsp3) is 0.406. The van der Waals surface area contributed by atoms with Crippen LogP contribution in [0.25, 0.3) is 0 Å². The van der Waals surface area contributed by atoms with E-state index in [4.69, 9.17) is 23.2 Å². The molecule has 1 saturated carbocycles. The minimum atomic E-state index is -2.90. The van der Waals surface area contributed by atoms with Crippen LogP contribution in [0, 0.1) is 0 Å². The minimum absolute atomic E-state index is 0.240. The quantitative estimate of drug-likeness (QED) is 0.156. The lowest BCUT2D eigenvalue weighted by molar-refractivity contribution is 0.0830. The Hall–Kier alpha value is -2.30. The minimum Gasteiger partial charge on any atom is -0.390 e. The van der Waals surface area contributed by atoms with Crippen molar-refractivity contribution in [2.75, 3.05) is 23.1 Å². The number of carbonyl (C=O) groups is 1. The summed E-state index contributed by atoms with van der Waals surface area (Å²) in [5.41, 5.74) is 4.08. The number of benzene rings is 3. The normalized spacial score (nSPS) is 19.0. The second-order valence-electron chi connectivity index (χ2n) is 11.3. The average Bonchev–Trinajstić information content (AvgIpc) is 3.62. The summed E-state index contributed by atoms with van der Waals surface area (Å²) in [7, 11) is -2.90. The van der Waals surface area contributed by atoms with Gasteiger partial charge in [-0.15, -0.1) is 10.8 Å². The molecule has 1 amide bonds. The van der Waals surface area contributed by atoms with E-state index in [1.807, 2.05) is 54.6 Å². The van der Waals surface area contributed by atoms with Crippen LogP contribution in [-0.2, 0) is 13.0 Å². The number of amides is 1. The fourth-order valence-electron chi connectivity index (χ4n) is 5.98. The molecule has 5 rings (SSSR count). The van der Waals surface area contributed by atoms with Crippen LogP contribution in [0.2, 0.25) is 10.0 Å². The van der Waals surface area contributed by atoms with Crippen molar-refractivity contribution in [2.45, 2.75) is 63.1 Å². The van der Waals surface area contributed by atoms with Gasteiger partial charge in [-0.25, -0.2) is 0 Å². The molecule has 1 heterocycles. The molecule has 2 fully saturated rings. The van der Waals surface area contributed by atoms with Crippen LogP contribution in [-0.4, -0.2) is 51.1 Å². The third-order valence-corrected chi connectivity index (χ3v) is 10.5. The number of nitrogens with zero attached hydrogens (tertiary/aromatic N) is 1. The Bertz CT molecular complexity index is 1350. The Kier molecular flexibility index (Phi) is 10.4. The van der Waals surface area contributed by atoms with Crippen LogP contribution < -0.4 is 14.9 Å². The van der Waals surface area contributed by atoms with Gasteiger partial charge in [0, 0.05) is 35.2 Å². The molecule has 1 saturated heterocycles. The van der Waals surface area contributed by atoms with Crippen molar-refractivity contribution in [3.05, 3.63) is 99.0 Å². The summed E-state index contributed by atoms with van der Waals surface area (Å²) < 4.78 is 23.0. The molecule has 1 aliphatic carbocycles.